The van der Waals surface area contributed by atoms with Crippen molar-refractivity contribution in [2.45, 2.75) is 26.7 Å². The van der Waals surface area contributed by atoms with Crippen LogP contribution in [-0.2, 0) is 14.3 Å². The molecule has 2 aromatic rings. The first-order valence-electron chi connectivity index (χ1n) is 7.84. The molecule has 2 rings (SSSR count). The van der Waals surface area contributed by atoms with Crippen LogP contribution in [0.3, 0.4) is 0 Å². The first-order chi connectivity index (χ1) is 11.6. The average Bonchev–Trinajstić information content (AvgIpc) is 3.01. The summed E-state index contributed by atoms with van der Waals surface area (Å²) in [6.07, 6.45) is 2.92. The van der Waals surface area contributed by atoms with Crippen molar-refractivity contribution in [3.05, 3.63) is 52.9 Å². The van der Waals surface area contributed by atoms with Crippen LogP contribution in [0.5, 0.6) is 0 Å². The van der Waals surface area contributed by atoms with Gasteiger partial charge in [-0.05, 0) is 32.8 Å². The number of carbonyl (C=O) groups is 1. The van der Waals surface area contributed by atoms with Gasteiger partial charge in [-0.2, -0.15) is 0 Å². The van der Waals surface area contributed by atoms with Crippen LogP contribution in [0.25, 0.3) is 11.3 Å². The fraction of sp³-hybridized carbons (Fsp3) is 0.368. The molecule has 0 unspecified atom stereocenters. The molecule has 4 nitrogen and oxygen atoms in total. The summed E-state index contributed by atoms with van der Waals surface area (Å²) in [6.45, 7) is 8.57. The highest BCUT2D eigenvalue weighted by atomic mass is 32.1. The number of hydrogen-bond donors (Lipinski definition) is 0. The molecule has 0 spiro atoms. The Bertz CT molecular complexity index is 637. The van der Waals surface area contributed by atoms with E-state index in [1.807, 2.05) is 6.92 Å². The smallest absolute Gasteiger partial charge is 0.330 e. The van der Waals surface area contributed by atoms with Gasteiger partial charge in [-0.15, -0.1) is 11.3 Å². The molecule has 130 valence electrons. The van der Waals surface area contributed by atoms with Crippen LogP contribution in [0.2, 0.25) is 0 Å². The molecule has 0 fully saturated rings. The monoisotopic (exact) mass is 347 g/mol. The summed E-state index contributed by atoms with van der Waals surface area (Å²) in [5, 5.41) is 3.22. The zero-order valence-electron chi connectivity index (χ0n) is 14.6. The number of thiazole rings is 1. The van der Waals surface area contributed by atoms with Gasteiger partial charge in [0.05, 0.1) is 17.3 Å². The molecule has 0 aliphatic carbocycles. The first-order valence-corrected chi connectivity index (χ1v) is 8.72. The van der Waals surface area contributed by atoms with Crippen LogP contribution in [-0.4, -0.2) is 31.3 Å². The number of hydrogen-bond acceptors (Lipinski definition) is 5. The minimum Gasteiger partial charge on any atom is -0.463 e. The van der Waals surface area contributed by atoms with Gasteiger partial charge < -0.3 is 9.47 Å². The van der Waals surface area contributed by atoms with E-state index in [0.29, 0.717) is 13.2 Å². The van der Waals surface area contributed by atoms with Crippen molar-refractivity contribution in [1.29, 1.82) is 0 Å². The van der Waals surface area contributed by atoms with Gasteiger partial charge in [-0.1, -0.05) is 30.3 Å². The normalized spacial score (nSPS) is 9.79. The van der Waals surface area contributed by atoms with Crippen LogP contribution in [0.15, 0.2) is 42.3 Å². The number of benzene rings is 1. The van der Waals surface area contributed by atoms with E-state index in [1.54, 1.807) is 18.4 Å². The number of ether oxygens (including phenoxy) is 2. The van der Waals surface area contributed by atoms with Gasteiger partial charge in [0.25, 0.3) is 0 Å². The van der Waals surface area contributed by atoms with E-state index in [2.05, 4.69) is 48.1 Å². The Morgan fingerprint density at radius 1 is 1.29 bits per heavy atom. The molecular weight excluding hydrogens is 322 g/mol. The van der Waals surface area contributed by atoms with Gasteiger partial charge in [-0.25, -0.2) is 9.78 Å². The molecule has 0 saturated carbocycles. The van der Waals surface area contributed by atoms with Crippen LogP contribution < -0.4 is 0 Å². The number of rotatable bonds is 7. The molecule has 0 N–H and O–H groups in total. The molecule has 0 radical (unpaired) electrons. The number of nitrogens with zero attached hydrogens (tertiary/aromatic N) is 1. The summed E-state index contributed by atoms with van der Waals surface area (Å²) in [5.41, 5.74) is 3.58. The molecule has 1 heterocycles. The Morgan fingerprint density at radius 3 is 2.62 bits per heavy atom. The molecule has 0 atom stereocenters. The number of aromatic nitrogens is 1. The Hall–Kier alpha value is -1.98. The fourth-order valence-corrected chi connectivity index (χ4v) is 2.50. The summed E-state index contributed by atoms with van der Waals surface area (Å²) >= 11 is 1.69. The lowest BCUT2D eigenvalue weighted by atomic mass is 10.1. The second kappa shape index (κ2) is 11.5. The van der Waals surface area contributed by atoms with Crippen molar-refractivity contribution in [2.24, 2.45) is 0 Å². The first kappa shape index (κ1) is 20.1. The highest BCUT2D eigenvalue weighted by molar-refractivity contribution is 7.09. The van der Waals surface area contributed by atoms with Gasteiger partial charge in [0.2, 0.25) is 0 Å². The third-order valence-corrected chi connectivity index (χ3v) is 3.86. The highest BCUT2D eigenvalue weighted by Gasteiger charge is 2.00. The third kappa shape index (κ3) is 8.04. The largest absolute Gasteiger partial charge is 0.463 e. The topological polar surface area (TPSA) is 48.4 Å². The lowest BCUT2D eigenvalue weighted by Crippen LogP contribution is -2.02. The van der Waals surface area contributed by atoms with Gasteiger partial charge in [0.1, 0.15) is 0 Å². The highest BCUT2D eigenvalue weighted by Crippen LogP contribution is 2.21. The summed E-state index contributed by atoms with van der Waals surface area (Å²) in [7, 11) is 1.65. The molecule has 0 amide bonds. The van der Waals surface area contributed by atoms with E-state index in [1.165, 1.54) is 11.1 Å². The summed E-state index contributed by atoms with van der Waals surface area (Å²) in [5.74, 6) is -0.359. The van der Waals surface area contributed by atoms with Crippen LogP contribution in [0.1, 0.15) is 23.4 Å². The Kier molecular flexibility index (Phi) is 9.65. The van der Waals surface area contributed by atoms with Crippen molar-refractivity contribution < 1.29 is 14.3 Å². The Labute approximate surface area is 148 Å². The van der Waals surface area contributed by atoms with Crippen molar-refractivity contribution in [1.82, 2.24) is 4.98 Å². The molecule has 0 bridgehead atoms. The lowest BCUT2D eigenvalue weighted by molar-refractivity contribution is -0.137. The molecule has 24 heavy (non-hydrogen) atoms. The van der Waals surface area contributed by atoms with Crippen LogP contribution in [0.4, 0.5) is 0 Å². The molecule has 0 aliphatic heterocycles. The van der Waals surface area contributed by atoms with Gasteiger partial charge in [-0.3, -0.25) is 0 Å². The average molecular weight is 347 g/mol. The molecular formula is C19H25NO3S. The van der Waals surface area contributed by atoms with E-state index < -0.39 is 0 Å². The van der Waals surface area contributed by atoms with E-state index in [9.17, 15) is 4.79 Å². The Morgan fingerprint density at radius 2 is 2.04 bits per heavy atom. The molecule has 0 saturated heterocycles. The minimum absolute atomic E-state index is 0.359. The molecule has 1 aromatic carbocycles. The lowest BCUT2D eigenvalue weighted by Gasteiger charge is -2.00. The fourth-order valence-electron chi connectivity index (χ4n) is 1.88. The summed E-state index contributed by atoms with van der Waals surface area (Å²) in [6, 6.07) is 8.43. The third-order valence-electron chi connectivity index (χ3n) is 3.09. The molecule has 1 aromatic heterocycles. The quantitative estimate of drug-likeness (QED) is 0.418. The Balaban J connectivity index is 0.000000245. The van der Waals surface area contributed by atoms with Crippen molar-refractivity contribution in [3.63, 3.8) is 0 Å². The SMILES string of the molecule is C=CC(=O)OCCCCOC.Cc1cccc(-c2csc(C)n2)c1. The maximum Gasteiger partial charge on any atom is 0.330 e. The summed E-state index contributed by atoms with van der Waals surface area (Å²) < 4.78 is 9.54. The van der Waals surface area contributed by atoms with Crippen molar-refractivity contribution in [3.8, 4) is 11.3 Å². The molecule has 5 heteroatoms. The van der Waals surface area contributed by atoms with Crippen LogP contribution in [0, 0.1) is 13.8 Å². The second-order valence-electron chi connectivity index (χ2n) is 5.19. The predicted octanol–water partition coefficient (Wildman–Crippen LogP) is 4.57. The standard InChI is InChI=1S/C11H11NS.C8H14O3/c1-8-4-3-5-10(6-8)11-7-13-9(2)12-11;1-3-8(9)11-7-5-4-6-10-2/h3-7H,1-2H3;3H,1,4-7H2,2H3. The van der Waals surface area contributed by atoms with E-state index in [4.69, 9.17) is 9.47 Å². The van der Waals surface area contributed by atoms with Gasteiger partial charge in [0.15, 0.2) is 0 Å². The number of methoxy groups -OCH3 is 1. The van der Waals surface area contributed by atoms with Gasteiger partial charge in [0, 0.05) is 30.7 Å². The molecule has 0 aliphatic rings. The second-order valence-corrected chi connectivity index (χ2v) is 6.25. The van der Waals surface area contributed by atoms with E-state index in [0.717, 1.165) is 29.6 Å². The van der Waals surface area contributed by atoms with E-state index >= 15 is 0 Å². The predicted molar refractivity (Wildman–Crippen MR) is 99.3 cm³/mol. The number of unbranched alkanes of at least 4 members (excludes halogenated alkanes) is 1. The van der Waals surface area contributed by atoms with Crippen molar-refractivity contribution in [2.75, 3.05) is 20.3 Å². The minimum atomic E-state index is -0.359. The maximum absolute atomic E-state index is 10.5. The zero-order chi connectivity index (χ0) is 17.8. The van der Waals surface area contributed by atoms with Crippen molar-refractivity contribution >= 4 is 17.3 Å². The van der Waals surface area contributed by atoms with Crippen LogP contribution >= 0.6 is 11.3 Å². The van der Waals surface area contributed by atoms with E-state index in [-0.39, 0.29) is 5.97 Å². The summed E-state index contributed by atoms with van der Waals surface area (Å²) in [4.78, 5) is 14.9. The number of carbonyl (C=O) groups excluding carboxylic acids is 1. The number of aryl methyl sites for hydroxylation is 2. The maximum atomic E-state index is 10.5. The zero-order valence-corrected chi connectivity index (χ0v) is 15.4. The van der Waals surface area contributed by atoms with Gasteiger partial charge >= 0.3 is 5.97 Å². The number of esters is 1.